The molecule has 8 nitrogen and oxygen atoms in total. The number of benzene rings is 2. The Kier molecular flexibility index (Phi) is 7.32. The van der Waals surface area contributed by atoms with Gasteiger partial charge >= 0.3 is 0 Å². The maximum absolute atomic E-state index is 14.0. The Labute approximate surface area is 237 Å². The Hall–Kier alpha value is -4.44. The maximum atomic E-state index is 14.0. The van der Waals surface area contributed by atoms with Crippen LogP contribution in [-0.2, 0) is 11.3 Å². The van der Waals surface area contributed by atoms with E-state index < -0.39 is 11.6 Å². The average Bonchev–Trinajstić information content (AvgIpc) is 3.55. The Morgan fingerprint density at radius 1 is 1.05 bits per heavy atom. The van der Waals surface area contributed by atoms with Crippen molar-refractivity contribution in [3.63, 3.8) is 0 Å². The Balaban J connectivity index is 1.26. The third-order valence-electron chi connectivity index (χ3n) is 7.65. The Morgan fingerprint density at radius 2 is 1.83 bits per heavy atom. The van der Waals surface area contributed by atoms with Gasteiger partial charge in [0, 0.05) is 43.9 Å². The largest absolute Gasteiger partial charge is 0.356 e. The minimum atomic E-state index is -0.883. The van der Waals surface area contributed by atoms with E-state index in [9.17, 15) is 13.6 Å². The number of aromatic nitrogens is 4. The number of rotatable bonds is 7. The second kappa shape index (κ2) is 11.2. The minimum absolute atomic E-state index is 0.182. The van der Waals surface area contributed by atoms with Crippen LogP contribution in [0.1, 0.15) is 35.7 Å². The lowest BCUT2D eigenvalue weighted by Crippen LogP contribution is -2.35. The summed E-state index contributed by atoms with van der Waals surface area (Å²) in [6.07, 6.45) is 6.96. The first-order chi connectivity index (χ1) is 19.9. The van der Waals surface area contributed by atoms with Crippen molar-refractivity contribution >= 4 is 29.2 Å². The fourth-order valence-corrected chi connectivity index (χ4v) is 5.49. The second-order valence-electron chi connectivity index (χ2n) is 10.7. The summed E-state index contributed by atoms with van der Waals surface area (Å²) in [4.78, 5) is 31.1. The summed E-state index contributed by atoms with van der Waals surface area (Å²) in [6, 6.07) is 13.6. The summed E-state index contributed by atoms with van der Waals surface area (Å²) in [5, 5.41) is 2.89. The number of nitrogens with one attached hydrogen (secondary N) is 1. The first kappa shape index (κ1) is 26.8. The highest BCUT2D eigenvalue weighted by atomic mass is 19.2. The predicted octanol–water partition coefficient (Wildman–Crippen LogP) is 5.06. The van der Waals surface area contributed by atoms with Crippen LogP contribution in [0.2, 0.25) is 0 Å². The van der Waals surface area contributed by atoms with Crippen LogP contribution in [0.25, 0.3) is 22.9 Å². The van der Waals surface area contributed by atoms with Crippen molar-refractivity contribution in [3.8, 4) is 11.3 Å². The molecule has 2 aliphatic rings. The topological polar surface area (TPSA) is 79.2 Å². The fourth-order valence-electron chi connectivity index (χ4n) is 5.49. The zero-order valence-corrected chi connectivity index (χ0v) is 23.0. The van der Waals surface area contributed by atoms with E-state index in [-0.39, 0.29) is 11.8 Å². The smallest absolute Gasteiger partial charge is 0.257 e. The number of likely N-dealkylation sites (N-methyl/N-ethyl adjacent to an activating group) is 1. The Morgan fingerprint density at radius 3 is 2.56 bits per heavy atom. The van der Waals surface area contributed by atoms with Gasteiger partial charge < -0.3 is 19.7 Å². The molecule has 0 atom stereocenters. The van der Waals surface area contributed by atoms with Gasteiger partial charge in [-0.05, 0) is 56.8 Å². The van der Waals surface area contributed by atoms with Crippen molar-refractivity contribution in [1.82, 2.24) is 24.4 Å². The summed E-state index contributed by atoms with van der Waals surface area (Å²) in [5.41, 5.74) is 3.40. The van der Waals surface area contributed by atoms with Crippen LogP contribution in [0.3, 0.4) is 0 Å². The third-order valence-corrected chi connectivity index (χ3v) is 7.65. The molecule has 0 radical (unpaired) electrons. The van der Waals surface area contributed by atoms with E-state index in [1.165, 1.54) is 12.4 Å². The van der Waals surface area contributed by atoms with Gasteiger partial charge in [0.15, 0.2) is 11.6 Å². The minimum Gasteiger partial charge on any atom is -0.356 e. The monoisotopic (exact) mass is 555 g/mol. The van der Waals surface area contributed by atoms with Gasteiger partial charge in [-0.25, -0.2) is 23.7 Å². The quantitative estimate of drug-likeness (QED) is 0.322. The van der Waals surface area contributed by atoms with Crippen LogP contribution >= 0.6 is 0 Å². The van der Waals surface area contributed by atoms with Crippen molar-refractivity contribution < 1.29 is 13.6 Å². The molecule has 210 valence electrons. The summed E-state index contributed by atoms with van der Waals surface area (Å²) in [5.74, 6) is 0.455. The molecule has 1 N–H and O–H groups in total. The first-order valence-corrected chi connectivity index (χ1v) is 13.7. The number of nitrogens with zero attached hydrogens (tertiary/aromatic N) is 6. The highest BCUT2D eigenvalue weighted by Gasteiger charge is 2.33. The standard InChI is InChI=1S/C31H31F2N7O/c1-38(2)14-15-40-18-26(22-8-9-24(32)25(33)17-22)36-29(40)21-10-12-39(13-11-21)30-27-23(16-20-6-4-3-5-7-20)31(41)37-28(27)34-19-35-30/h3-9,16-19,21H,10-15H2,1-2H3,(H,34,35,37,41). The zero-order valence-electron chi connectivity index (χ0n) is 23.0. The molecule has 0 saturated carbocycles. The van der Waals surface area contributed by atoms with Gasteiger partial charge in [-0.1, -0.05) is 30.3 Å². The molecule has 0 spiro atoms. The van der Waals surface area contributed by atoms with Crippen molar-refractivity contribution in [2.75, 3.05) is 43.9 Å². The number of fused-ring (bicyclic) bond motifs is 1. The summed E-state index contributed by atoms with van der Waals surface area (Å²) < 4.78 is 29.7. The van der Waals surface area contributed by atoms with Crippen molar-refractivity contribution in [3.05, 3.63) is 89.6 Å². The first-order valence-electron chi connectivity index (χ1n) is 13.7. The van der Waals surface area contributed by atoms with Gasteiger partial charge in [0.05, 0.1) is 16.8 Å². The van der Waals surface area contributed by atoms with Crippen molar-refractivity contribution in [2.24, 2.45) is 0 Å². The summed E-state index contributed by atoms with van der Waals surface area (Å²) in [6.45, 7) is 3.01. The van der Waals surface area contributed by atoms with Gasteiger partial charge in [0.2, 0.25) is 0 Å². The molecule has 2 aliphatic heterocycles. The maximum Gasteiger partial charge on any atom is 0.257 e. The molecular weight excluding hydrogens is 524 g/mol. The molecule has 0 aliphatic carbocycles. The number of piperidine rings is 1. The highest BCUT2D eigenvalue weighted by molar-refractivity contribution is 6.35. The SMILES string of the molecule is CN(C)CCn1cc(-c2ccc(F)c(F)c2)nc1C1CCN(c2ncnc3c2C(=Cc2ccccc2)C(=O)N3)CC1. The fraction of sp³-hybridized carbons (Fsp3) is 0.290. The number of hydrogen-bond acceptors (Lipinski definition) is 6. The van der Waals surface area contributed by atoms with Gasteiger partial charge in [-0.2, -0.15) is 0 Å². The number of amides is 1. The van der Waals surface area contributed by atoms with E-state index in [0.29, 0.717) is 22.6 Å². The molecule has 4 aromatic rings. The van der Waals surface area contributed by atoms with Crippen LogP contribution in [0.5, 0.6) is 0 Å². The number of halogens is 2. The van der Waals surface area contributed by atoms with Gasteiger partial charge in [0.25, 0.3) is 5.91 Å². The normalized spacial score (nSPS) is 16.5. The molecule has 0 bridgehead atoms. The molecule has 2 aromatic carbocycles. The third kappa shape index (κ3) is 5.47. The molecule has 1 saturated heterocycles. The molecule has 2 aromatic heterocycles. The molecule has 1 amide bonds. The average molecular weight is 556 g/mol. The zero-order chi connectivity index (χ0) is 28.5. The molecular formula is C31H31F2N7O. The number of hydrogen-bond donors (Lipinski definition) is 1. The summed E-state index contributed by atoms with van der Waals surface area (Å²) in [7, 11) is 4.04. The lowest BCUT2D eigenvalue weighted by Gasteiger charge is -2.33. The predicted molar refractivity (Wildman–Crippen MR) is 155 cm³/mol. The molecule has 0 unspecified atom stereocenters. The van der Waals surface area contributed by atoms with Crippen molar-refractivity contribution in [1.29, 1.82) is 0 Å². The molecule has 1 fully saturated rings. The van der Waals surface area contributed by atoms with E-state index in [1.54, 1.807) is 6.07 Å². The second-order valence-corrected chi connectivity index (χ2v) is 10.7. The Bertz CT molecular complexity index is 1610. The van der Waals surface area contributed by atoms with Gasteiger partial charge in [0.1, 0.15) is 23.8 Å². The molecule has 6 rings (SSSR count). The number of carbonyl (C=O) groups is 1. The van der Waals surface area contributed by atoms with E-state index in [4.69, 9.17) is 4.98 Å². The molecule has 4 heterocycles. The number of carbonyl (C=O) groups excluding carboxylic acids is 1. The number of imidazole rings is 1. The van der Waals surface area contributed by atoms with Crippen molar-refractivity contribution in [2.45, 2.75) is 25.3 Å². The van der Waals surface area contributed by atoms with Crippen LogP contribution < -0.4 is 10.2 Å². The van der Waals surface area contributed by atoms with E-state index in [1.807, 2.05) is 56.7 Å². The van der Waals surface area contributed by atoms with Gasteiger partial charge in [-0.15, -0.1) is 0 Å². The van der Waals surface area contributed by atoms with Crippen LogP contribution in [-0.4, -0.2) is 64.1 Å². The summed E-state index contributed by atoms with van der Waals surface area (Å²) >= 11 is 0. The van der Waals surface area contributed by atoms with Crippen LogP contribution in [0.15, 0.2) is 61.1 Å². The number of anilines is 2. The van der Waals surface area contributed by atoms with Gasteiger partial charge in [-0.3, -0.25) is 4.79 Å². The van der Waals surface area contributed by atoms with E-state index in [2.05, 4.69) is 29.7 Å². The molecule has 41 heavy (non-hydrogen) atoms. The van der Waals surface area contributed by atoms with Crippen LogP contribution in [0.4, 0.5) is 20.4 Å². The van der Waals surface area contributed by atoms with E-state index >= 15 is 0 Å². The van der Waals surface area contributed by atoms with E-state index in [0.717, 1.165) is 67.9 Å². The lowest BCUT2D eigenvalue weighted by molar-refractivity contribution is -0.110. The molecule has 10 heteroatoms. The highest BCUT2D eigenvalue weighted by Crippen LogP contribution is 2.40. The van der Waals surface area contributed by atoms with Crippen LogP contribution in [0, 0.1) is 11.6 Å². The lowest BCUT2D eigenvalue weighted by atomic mass is 9.95.